The van der Waals surface area contributed by atoms with E-state index in [1.54, 1.807) is 12.3 Å². The summed E-state index contributed by atoms with van der Waals surface area (Å²) in [6, 6.07) is 4.45. The zero-order valence-corrected chi connectivity index (χ0v) is 8.27. The summed E-state index contributed by atoms with van der Waals surface area (Å²) in [5.74, 6) is -0.431. The topological polar surface area (TPSA) is 102 Å². The molecule has 0 aliphatic heterocycles. The van der Waals surface area contributed by atoms with Crippen molar-refractivity contribution in [2.45, 2.75) is 6.42 Å². The molecule has 6 nitrogen and oxygen atoms in total. The van der Waals surface area contributed by atoms with E-state index in [9.17, 15) is 14.9 Å². The maximum atomic E-state index is 10.8. The minimum atomic E-state index is -0.464. The van der Waals surface area contributed by atoms with Gasteiger partial charge < -0.3 is 10.7 Å². The van der Waals surface area contributed by atoms with Crippen molar-refractivity contribution in [3.05, 3.63) is 40.1 Å². The van der Waals surface area contributed by atoms with Crippen LogP contribution in [0.4, 0.5) is 5.69 Å². The number of amides is 1. The summed E-state index contributed by atoms with van der Waals surface area (Å²) < 4.78 is 0. The fraction of sp³-hybridized carbons (Fsp3) is 0.100. The highest BCUT2D eigenvalue weighted by Crippen LogP contribution is 2.23. The summed E-state index contributed by atoms with van der Waals surface area (Å²) in [6.45, 7) is 0. The van der Waals surface area contributed by atoms with Crippen LogP contribution < -0.4 is 5.73 Å². The van der Waals surface area contributed by atoms with Gasteiger partial charge in [0.25, 0.3) is 5.69 Å². The van der Waals surface area contributed by atoms with Gasteiger partial charge in [0.05, 0.1) is 16.9 Å². The molecule has 2 aromatic rings. The predicted octanol–water partition coefficient (Wildman–Crippen LogP) is 1.10. The number of nitrogens with one attached hydrogen (secondary N) is 1. The van der Waals surface area contributed by atoms with E-state index in [1.165, 1.54) is 12.1 Å². The molecule has 6 heteroatoms. The van der Waals surface area contributed by atoms with Crippen molar-refractivity contribution in [2.75, 3.05) is 0 Å². The number of aromatic nitrogens is 1. The van der Waals surface area contributed by atoms with E-state index in [0.29, 0.717) is 5.52 Å². The Bertz CT molecular complexity index is 574. The third kappa shape index (κ3) is 1.72. The number of non-ortho nitro benzene ring substituents is 1. The summed E-state index contributed by atoms with van der Waals surface area (Å²) in [5.41, 5.74) is 6.48. The lowest BCUT2D eigenvalue weighted by Crippen LogP contribution is -2.13. The molecule has 16 heavy (non-hydrogen) atoms. The molecule has 0 aliphatic rings. The second-order valence-electron chi connectivity index (χ2n) is 3.44. The first-order valence-electron chi connectivity index (χ1n) is 4.60. The second kappa shape index (κ2) is 3.65. The van der Waals surface area contributed by atoms with Gasteiger partial charge in [0.1, 0.15) is 0 Å². The van der Waals surface area contributed by atoms with Crippen molar-refractivity contribution in [1.29, 1.82) is 0 Å². The molecule has 0 radical (unpaired) electrons. The molecule has 0 aliphatic carbocycles. The standard InChI is InChI=1S/C10H9N3O3/c11-10(14)3-6-5-12-9-4-7(13(15)16)1-2-8(6)9/h1-2,4-5,12H,3H2,(H2,11,14). The van der Waals surface area contributed by atoms with Crippen LogP contribution in [0.3, 0.4) is 0 Å². The zero-order valence-electron chi connectivity index (χ0n) is 8.27. The van der Waals surface area contributed by atoms with E-state index in [2.05, 4.69) is 4.98 Å². The Balaban J connectivity index is 2.50. The van der Waals surface area contributed by atoms with Crippen LogP contribution in [0, 0.1) is 10.1 Å². The molecule has 1 heterocycles. The quantitative estimate of drug-likeness (QED) is 0.596. The summed E-state index contributed by atoms with van der Waals surface area (Å²) in [4.78, 5) is 23.7. The van der Waals surface area contributed by atoms with Gasteiger partial charge in [-0.15, -0.1) is 0 Å². The number of hydrogen-bond donors (Lipinski definition) is 2. The molecule has 2 rings (SSSR count). The lowest BCUT2D eigenvalue weighted by Gasteiger charge is -1.95. The highest BCUT2D eigenvalue weighted by atomic mass is 16.6. The lowest BCUT2D eigenvalue weighted by atomic mass is 10.1. The van der Waals surface area contributed by atoms with Crippen molar-refractivity contribution < 1.29 is 9.72 Å². The predicted molar refractivity (Wildman–Crippen MR) is 57.9 cm³/mol. The van der Waals surface area contributed by atoms with E-state index in [4.69, 9.17) is 5.73 Å². The summed E-state index contributed by atoms with van der Waals surface area (Å²) in [5, 5.41) is 11.3. The molecule has 0 fully saturated rings. The van der Waals surface area contributed by atoms with E-state index in [0.717, 1.165) is 10.9 Å². The van der Waals surface area contributed by atoms with Crippen LogP contribution in [0.5, 0.6) is 0 Å². The molecule has 1 aromatic heterocycles. The van der Waals surface area contributed by atoms with Gasteiger partial charge in [-0.3, -0.25) is 14.9 Å². The fourth-order valence-electron chi connectivity index (χ4n) is 1.62. The highest BCUT2D eigenvalue weighted by molar-refractivity contribution is 5.89. The van der Waals surface area contributed by atoms with E-state index in [-0.39, 0.29) is 12.1 Å². The Morgan fingerprint density at radius 2 is 2.25 bits per heavy atom. The number of rotatable bonds is 3. The number of primary amides is 1. The van der Waals surface area contributed by atoms with Crippen molar-refractivity contribution in [3.63, 3.8) is 0 Å². The molecule has 0 spiro atoms. The smallest absolute Gasteiger partial charge is 0.271 e. The number of benzene rings is 1. The van der Waals surface area contributed by atoms with E-state index >= 15 is 0 Å². The molecule has 0 atom stereocenters. The van der Waals surface area contributed by atoms with Crippen LogP contribution in [0.1, 0.15) is 5.56 Å². The van der Waals surface area contributed by atoms with Gasteiger partial charge in [-0.1, -0.05) is 0 Å². The number of H-pyrrole nitrogens is 1. The molecule has 0 unspecified atom stereocenters. The SMILES string of the molecule is NC(=O)Cc1c[nH]c2cc([N+](=O)[O-])ccc12. The molecule has 1 amide bonds. The maximum absolute atomic E-state index is 10.8. The number of nitro benzene ring substituents is 1. The number of aromatic amines is 1. The van der Waals surface area contributed by atoms with Crippen LogP contribution >= 0.6 is 0 Å². The Labute approximate surface area is 90.2 Å². The van der Waals surface area contributed by atoms with Crippen LogP contribution in [0.25, 0.3) is 10.9 Å². The number of carbonyl (C=O) groups excluding carboxylic acids is 1. The third-order valence-corrected chi connectivity index (χ3v) is 2.33. The summed E-state index contributed by atoms with van der Waals surface area (Å²) >= 11 is 0. The molecule has 3 N–H and O–H groups in total. The lowest BCUT2D eigenvalue weighted by molar-refractivity contribution is -0.384. The Morgan fingerprint density at radius 3 is 2.88 bits per heavy atom. The first-order chi connectivity index (χ1) is 7.58. The minimum Gasteiger partial charge on any atom is -0.369 e. The zero-order chi connectivity index (χ0) is 11.7. The second-order valence-corrected chi connectivity index (χ2v) is 3.44. The first-order valence-corrected chi connectivity index (χ1v) is 4.60. The Kier molecular flexibility index (Phi) is 2.32. The van der Waals surface area contributed by atoms with Gasteiger partial charge in [0, 0.05) is 23.7 Å². The molecule has 0 saturated carbocycles. The Morgan fingerprint density at radius 1 is 1.50 bits per heavy atom. The van der Waals surface area contributed by atoms with Crippen LogP contribution in [0.15, 0.2) is 24.4 Å². The molecule has 82 valence electrons. The fourth-order valence-corrected chi connectivity index (χ4v) is 1.62. The van der Waals surface area contributed by atoms with E-state index in [1.807, 2.05) is 0 Å². The highest BCUT2D eigenvalue weighted by Gasteiger charge is 2.10. The number of carbonyl (C=O) groups is 1. The molecular weight excluding hydrogens is 210 g/mol. The van der Waals surface area contributed by atoms with Crippen LogP contribution in [0.2, 0.25) is 0 Å². The van der Waals surface area contributed by atoms with Crippen molar-refractivity contribution in [1.82, 2.24) is 4.98 Å². The van der Waals surface area contributed by atoms with Gasteiger partial charge in [-0.25, -0.2) is 0 Å². The van der Waals surface area contributed by atoms with Gasteiger partial charge in [-0.2, -0.15) is 0 Å². The molecule has 1 aromatic carbocycles. The average Bonchev–Trinajstić information content (AvgIpc) is 2.60. The van der Waals surface area contributed by atoms with Crippen LogP contribution in [-0.4, -0.2) is 15.8 Å². The summed E-state index contributed by atoms with van der Waals surface area (Å²) in [6.07, 6.45) is 1.76. The average molecular weight is 219 g/mol. The maximum Gasteiger partial charge on any atom is 0.271 e. The van der Waals surface area contributed by atoms with Crippen molar-refractivity contribution >= 4 is 22.5 Å². The molecular formula is C10H9N3O3. The number of nitrogens with two attached hydrogens (primary N) is 1. The number of fused-ring (bicyclic) bond motifs is 1. The van der Waals surface area contributed by atoms with Crippen LogP contribution in [-0.2, 0) is 11.2 Å². The normalized spacial score (nSPS) is 10.5. The van der Waals surface area contributed by atoms with Gasteiger partial charge >= 0.3 is 0 Å². The van der Waals surface area contributed by atoms with Gasteiger partial charge in [0.15, 0.2) is 0 Å². The van der Waals surface area contributed by atoms with Gasteiger partial charge in [-0.05, 0) is 11.6 Å². The number of nitrogens with zero attached hydrogens (tertiary/aromatic N) is 1. The van der Waals surface area contributed by atoms with Crippen molar-refractivity contribution in [3.8, 4) is 0 Å². The largest absolute Gasteiger partial charge is 0.369 e. The third-order valence-electron chi connectivity index (χ3n) is 2.33. The minimum absolute atomic E-state index is 0.0139. The molecule has 0 bridgehead atoms. The van der Waals surface area contributed by atoms with E-state index < -0.39 is 10.8 Å². The summed E-state index contributed by atoms with van der Waals surface area (Å²) in [7, 11) is 0. The number of hydrogen-bond acceptors (Lipinski definition) is 3. The van der Waals surface area contributed by atoms with Gasteiger partial charge in [0.2, 0.25) is 5.91 Å². The van der Waals surface area contributed by atoms with Crippen molar-refractivity contribution in [2.24, 2.45) is 5.73 Å². The molecule has 0 saturated heterocycles. The Hall–Kier alpha value is -2.37. The first kappa shape index (κ1) is 10.2. The number of nitro groups is 1. The monoisotopic (exact) mass is 219 g/mol.